The molecule has 0 amide bonds. The minimum atomic E-state index is -3.81. The number of hydrogen-bond acceptors (Lipinski definition) is 5. The van der Waals surface area contributed by atoms with Gasteiger partial charge in [0.1, 0.15) is 0 Å². The van der Waals surface area contributed by atoms with E-state index in [1.165, 1.54) is 6.07 Å². The average Bonchev–Trinajstić information content (AvgIpc) is 2.20. The largest absolute Gasteiger partial charge is 0.398 e. The maximum atomic E-state index is 12.0. The number of aryl methyl sites for hydroxylation is 1. The molecule has 0 atom stereocenters. The third-order valence-electron chi connectivity index (χ3n) is 2.51. The Kier molecular flexibility index (Phi) is 4.56. The van der Waals surface area contributed by atoms with Crippen LogP contribution in [0.1, 0.15) is 11.1 Å². The molecule has 0 spiro atoms. The van der Waals surface area contributed by atoms with Gasteiger partial charge in [0, 0.05) is 12.2 Å². The smallest absolute Gasteiger partial charge is 0.240 e. The van der Waals surface area contributed by atoms with Crippen molar-refractivity contribution >= 4 is 25.7 Å². The van der Waals surface area contributed by atoms with E-state index < -0.39 is 25.8 Å². The lowest BCUT2D eigenvalue weighted by Crippen LogP contribution is -2.32. The van der Waals surface area contributed by atoms with Crippen molar-refractivity contribution in [3.8, 4) is 0 Å². The van der Waals surface area contributed by atoms with Crippen LogP contribution in [-0.2, 0) is 20.0 Å². The van der Waals surface area contributed by atoms with Gasteiger partial charge >= 0.3 is 0 Å². The summed E-state index contributed by atoms with van der Waals surface area (Å²) in [7, 11) is -7.52. The number of nitrogen functional groups attached to an aromatic ring is 1. The van der Waals surface area contributed by atoms with Gasteiger partial charge in [0.15, 0.2) is 0 Å². The van der Waals surface area contributed by atoms with E-state index >= 15 is 0 Å². The number of nitrogens with two attached hydrogens (primary N) is 2. The molecule has 19 heavy (non-hydrogen) atoms. The number of primary sulfonamides is 1. The first-order valence-corrected chi connectivity index (χ1v) is 8.59. The SMILES string of the molecule is Cc1cc(N)c(C)c(S(=O)(=O)NCCS(N)(=O)=O)c1. The molecule has 0 aliphatic rings. The van der Waals surface area contributed by atoms with Crippen molar-refractivity contribution in [1.29, 1.82) is 0 Å². The highest BCUT2D eigenvalue weighted by atomic mass is 32.2. The Morgan fingerprint density at radius 1 is 1.16 bits per heavy atom. The lowest BCUT2D eigenvalue weighted by molar-refractivity contribution is 0.581. The molecule has 0 aliphatic heterocycles. The number of sulfonamides is 2. The van der Waals surface area contributed by atoms with Crippen LogP contribution in [0.5, 0.6) is 0 Å². The summed E-state index contributed by atoms with van der Waals surface area (Å²) < 4.78 is 47.8. The lowest BCUT2D eigenvalue weighted by atomic mass is 10.1. The molecule has 1 rings (SSSR count). The zero-order valence-corrected chi connectivity index (χ0v) is 12.3. The molecule has 108 valence electrons. The van der Waals surface area contributed by atoms with Crippen LogP contribution >= 0.6 is 0 Å². The number of rotatable bonds is 5. The standard InChI is InChI=1S/C10H17N3O4S2/c1-7-5-9(11)8(2)10(6-7)19(16,17)13-3-4-18(12,14)15/h5-6,13H,3-4,11H2,1-2H3,(H2,12,14,15). The second-order valence-electron chi connectivity index (χ2n) is 4.24. The Balaban J connectivity index is 3.02. The van der Waals surface area contributed by atoms with Crippen molar-refractivity contribution in [3.63, 3.8) is 0 Å². The summed E-state index contributed by atoms with van der Waals surface area (Å²) in [5.41, 5.74) is 7.20. The van der Waals surface area contributed by atoms with Gasteiger partial charge in [-0.15, -0.1) is 0 Å². The van der Waals surface area contributed by atoms with E-state index in [1.54, 1.807) is 19.9 Å². The third-order valence-corrected chi connectivity index (χ3v) is 4.87. The summed E-state index contributed by atoms with van der Waals surface area (Å²) in [5, 5.41) is 4.80. The first-order valence-electron chi connectivity index (χ1n) is 5.40. The molecule has 0 saturated carbocycles. The highest BCUT2D eigenvalue weighted by molar-refractivity contribution is 7.90. The Hall–Kier alpha value is -1.16. The molecule has 0 heterocycles. The van der Waals surface area contributed by atoms with Crippen molar-refractivity contribution in [2.45, 2.75) is 18.7 Å². The van der Waals surface area contributed by atoms with Gasteiger partial charge in [-0.25, -0.2) is 26.7 Å². The van der Waals surface area contributed by atoms with E-state index in [2.05, 4.69) is 4.72 Å². The van der Waals surface area contributed by atoms with Gasteiger partial charge in [0.05, 0.1) is 10.6 Å². The molecule has 0 bridgehead atoms. The van der Waals surface area contributed by atoms with Crippen molar-refractivity contribution in [2.24, 2.45) is 5.14 Å². The Morgan fingerprint density at radius 2 is 1.74 bits per heavy atom. The van der Waals surface area contributed by atoms with Gasteiger partial charge in [0.25, 0.3) is 0 Å². The van der Waals surface area contributed by atoms with Crippen LogP contribution in [0.15, 0.2) is 17.0 Å². The maximum absolute atomic E-state index is 12.0. The van der Waals surface area contributed by atoms with Crippen LogP contribution in [-0.4, -0.2) is 29.1 Å². The van der Waals surface area contributed by atoms with Gasteiger partial charge < -0.3 is 5.73 Å². The van der Waals surface area contributed by atoms with E-state index in [9.17, 15) is 16.8 Å². The predicted molar refractivity (Wildman–Crippen MR) is 73.5 cm³/mol. The summed E-state index contributed by atoms with van der Waals surface area (Å²) in [4.78, 5) is 0.0411. The van der Waals surface area contributed by atoms with E-state index in [1.807, 2.05) is 0 Å². The Morgan fingerprint density at radius 3 is 2.26 bits per heavy atom. The fourth-order valence-corrected chi connectivity index (χ4v) is 3.43. The highest BCUT2D eigenvalue weighted by Crippen LogP contribution is 2.22. The number of benzene rings is 1. The van der Waals surface area contributed by atoms with E-state index in [4.69, 9.17) is 10.9 Å². The topological polar surface area (TPSA) is 132 Å². The van der Waals surface area contributed by atoms with Crippen molar-refractivity contribution in [3.05, 3.63) is 23.3 Å². The zero-order valence-electron chi connectivity index (χ0n) is 10.7. The van der Waals surface area contributed by atoms with Gasteiger partial charge in [0.2, 0.25) is 20.0 Å². The molecule has 0 radical (unpaired) electrons. The second-order valence-corrected chi connectivity index (χ2v) is 7.71. The molecular formula is C10H17N3O4S2. The van der Waals surface area contributed by atoms with Crippen LogP contribution in [0.2, 0.25) is 0 Å². The van der Waals surface area contributed by atoms with Crippen LogP contribution in [0, 0.1) is 13.8 Å². The summed E-state index contributed by atoms with van der Waals surface area (Å²) in [6.07, 6.45) is 0. The van der Waals surface area contributed by atoms with Crippen molar-refractivity contribution in [1.82, 2.24) is 4.72 Å². The minimum absolute atomic E-state index is 0.0411. The Labute approximate surface area is 113 Å². The van der Waals surface area contributed by atoms with Gasteiger partial charge in [-0.2, -0.15) is 0 Å². The lowest BCUT2D eigenvalue weighted by Gasteiger charge is -2.11. The first kappa shape index (κ1) is 15.9. The molecule has 0 unspecified atom stereocenters. The fraction of sp³-hybridized carbons (Fsp3) is 0.400. The fourth-order valence-electron chi connectivity index (χ4n) is 1.53. The van der Waals surface area contributed by atoms with Gasteiger partial charge in [-0.3, -0.25) is 0 Å². The highest BCUT2D eigenvalue weighted by Gasteiger charge is 2.19. The van der Waals surface area contributed by atoms with Crippen LogP contribution < -0.4 is 15.6 Å². The molecule has 0 aromatic heterocycles. The summed E-state index contributed by atoms with van der Waals surface area (Å²) >= 11 is 0. The van der Waals surface area contributed by atoms with E-state index in [-0.39, 0.29) is 11.4 Å². The van der Waals surface area contributed by atoms with Crippen molar-refractivity contribution in [2.75, 3.05) is 18.0 Å². The van der Waals surface area contributed by atoms with E-state index in [0.717, 1.165) is 0 Å². The normalized spacial score (nSPS) is 12.6. The number of nitrogens with one attached hydrogen (secondary N) is 1. The molecule has 0 fully saturated rings. The second kappa shape index (κ2) is 5.45. The first-order chi connectivity index (χ1) is 8.53. The van der Waals surface area contributed by atoms with E-state index in [0.29, 0.717) is 16.8 Å². The zero-order chi connectivity index (χ0) is 14.8. The monoisotopic (exact) mass is 307 g/mol. The minimum Gasteiger partial charge on any atom is -0.398 e. The van der Waals surface area contributed by atoms with Crippen LogP contribution in [0.3, 0.4) is 0 Å². The number of hydrogen-bond donors (Lipinski definition) is 3. The average molecular weight is 307 g/mol. The van der Waals surface area contributed by atoms with Gasteiger partial charge in [-0.05, 0) is 37.1 Å². The summed E-state index contributed by atoms with van der Waals surface area (Å²) in [6, 6.07) is 3.14. The molecule has 0 saturated heterocycles. The molecule has 1 aromatic carbocycles. The maximum Gasteiger partial charge on any atom is 0.240 e. The molecule has 1 aromatic rings. The van der Waals surface area contributed by atoms with Crippen molar-refractivity contribution < 1.29 is 16.8 Å². The van der Waals surface area contributed by atoms with Gasteiger partial charge in [-0.1, -0.05) is 0 Å². The predicted octanol–water partition coefficient (Wildman–Crippen LogP) is -0.548. The molecule has 5 N–H and O–H groups in total. The summed E-state index contributed by atoms with van der Waals surface area (Å²) in [5.74, 6) is -0.466. The molecular weight excluding hydrogens is 290 g/mol. The Bertz CT molecular complexity index is 681. The molecule has 9 heteroatoms. The number of anilines is 1. The van der Waals surface area contributed by atoms with Crippen LogP contribution in [0.4, 0.5) is 5.69 Å². The molecule has 0 aliphatic carbocycles. The summed E-state index contributed by atoms with van der Waals surface area (Å²) in [6.45, 7) is 3.02. The molecule has 7 nitrogen and oxygen atoms in total. The third kappa shape index (κ3) is 4.46. The van der Waals surface area contributed by atoms with Crippen LogP contribution in [0.25, 0.3) is 0 Å². The quantitative estimate of drug-likeness (QED) is 0.628.